The molecule has 3 aromatic heterocycles. The van der Waals surface area contributed by atoms with Crippen molar-refractivity contribution in [2.45, 2.75) is 45.8 Å². The van der Waals surface area contributed by atoms with E-state index in [2.05, 4.69) is 32.4 Å². The van der Waals surface area contributed by atoms with E-state index in [0.29, 0.717) is 23.5 Å². The molecule has 0 spiro atoms. The number of aromatic nitrogens is 5. The van der Waals surface area contributed by atoms with Crippen molar-refractivity contribution in [2.75, 3.05) is 0 Å². The lowest BCUT2D eigenvalue weighted by Crippen LogP contribution is -2.06. The Labute approximate surface area is 150 Å². The number of aryl methyl sites for hydroxylation is 2. The van der Waals surface area contributed by atoms with Gasteiger partial charge in [-0.15, -0.1) is 5.10 Å². The van der Waals surface area contributed by atoms with E-state index in [1.165, 1.54) is 12.8 Å². The van der Waals surface area contributed by atoms with Gasteiger partial charge in [-0.25, -0.2) is 4.68 Å². The van der Waals surface area contributed by atoms with E-state index < -0.39 is 0 Å². The Morgan fingerprint density at radius 3 is 2.85 bits per heavy atom. The van der Waals surface area contributed by atoms with Gasteiger partial charge >= 0.3 is 0 Å². The fourth-order valence-electron chi connectivity index (χ4n) is 3.24. The van der Waals surface area contributed by atoms with Crippen molar-refractivity contribution >= 4 is 22.1 Å². The summed E-state index contributed by atoms with van der Waals surface area (Å²) in [6.07, 6.45) is 2.19. The van der Waals surface area contributed by atoms with E-state index in [4.69, 9.17) is 9.15 Å². The Hall–Kier alpha value is -2.96. The summed E-state index contributed by atoms with van der Waals surface area (Å²) in [6, 6.07) is 8.60. The first-order valence-electron chi connectivity index (χ1n) is 8.85. The fraction of sp³-hybridized carbons (Fsp3) is 0.368. The number of hydrogen-bond donors (Lipinski definition) is 0. The Bertz CT molecular complexity index is 1130. The first-order valence-corrected chi connectivity index (χ1v) is 8.85. The quantitative estimate of drug-likeness (QED) is 0.553. The first-order chi connectivity index (χ1) is 12.6. The van der Waals surface area contributed by atoms with Gasteiger partial charge in [-0.2, -0.15) is 9.97 Å². The van der Waals surface area contributed by atoms with Crippen LogP contribution in [-0.2, 0) is 0 Å². The van der Waals surface area contributed by atoms with Crippen molar-refractivity contribution in [3.63, 3.8) is 0 Å². The number of furan rings is 1. The number of nitrogens with zero attached hydrogens (tertiary/aromatic N) is 5. The molecule has 0 radical (unpaired) electrons. The molecule has 4 aromatic rings. The molecule has 26 heavy (non-hydrogen) atoms. The molecule has 0 saturated heterocycles. The highest BCUT2D eigenvalue weighted by molar-refractivity contribution is 5.80. The second kappa shape index (κ2) is 5.52. The van der Waals surface area contributed by atoms with Crippen molar-refractivity contribution < 1.29 is 9.15 Å². The smallest absolute Gasteiger partial charge is 0.233 e. The second-order valence-electron chi connectivity index (χ2n) is 6.93. The number of benzene rings is 1. The number of ether oxygens (including phenoxy) is 1. The zero-order chi connectivity index (χ0) is 17.8. The van der Waals surface area contributed by atoms with Crippen LogP contribution in [-0.4, -0.2) is 25.0 Å². The maximum atomic E-state index is 6.16. The minimum absolute atomic E-state index is 0.182. The Balaban J connectivity index is 1.48. The Morgan fingerprint density at radius 2 is 2.04 bits per heavy atom. The van der Waals surface area contributed by atoms with Crippen molar-refractivity contribution in [3.05, 3.63) is 41.4 Å². The molecule has 1 aliphatic rings. The van der Waals surface area contributed by atoms with Crippen LogP contribution in [0, 0.1) is 13.8 Å². The summed E-state index contributed by atoms with van der Waals surface area (Å²) in [5.41, 5.74) is 3.56. The van der Waals surface area contributed by atoms with Gasteiger partial charge in [0.25, 0.3) is 0 Å². The molecule has 1 aliphatic carbocycles. The number of hydrogen-bond acceptors (Lipinski definition) is 6. The lowest BCUT2D eigenvalue weighted by Gasteiger charge is -2.15. The highest BCUT2D eigenvalue weighted by Crippen LogP contribution is 2.36. The maximum Gasteiger partial charge on any atom is 0.233 e. The summed E-state index contributed by atoms with van der Waals surface area (Å²) >= 11 is 0. The Kier molecular flexibility index (Phi) is 3.25. The van der Waals surface area contributed by atoms with Crippen LogP contribution in [0.5, 0.6) is 5.88 Å². The van der Waals surface area contributed by atoms with Crippen LogP contribution in [0.4, 0.5) is 0 Å². The average molecular weight is 349 g/mol. The summed E-state index contributed by atoms with van der Waals surface area (Å²) in [4.78, 5) is 8.78. The minimum atomic E-state index is -0.182. The van der Waals surface area contributed by atoms with Crippen LogP contribution in [0.1, 0.15) is 49.1 Å². The standard InChI is InChI=1S/C19H19N5O2/c1-10-8-15-18(25-10)20-12(3)21-19(15)26-11(2)13-4-7-17-16(9-13)22-23-24(17)14-5-6-14/h4,7-9,11,14H,5-6H2,1-3H3. The van der Waals surface area contributed by atoms with Crippen LogP contribution in [0.3, 0.4) is 0 Å². The fourth-order valence-corrected chi connectivity index (χ4v) is 3.24. The molecule has 7 nitrogen and oxygen atoms in total. The molecule has 1 fully saturated rings. The molecule has 0 amide bonds. The highest BCUT2D eigenvalue weighted by Gasteiger charge is 2.26. The van der Waals surface area contributed by atoms with E-state index >= 15 is 0 Å². The first kappa shape index (κ1) is 15.3. The van der Waals surface area contributed by atoms with Crippen LogP contribution >= 0.6 is 0 Å². The third-order valence-corrected chi connectivity index (χ3v) is 4.74. The number of fused-ring (bicyclic) bond motifs is 2. The molecule has 1 aromatic carbocycles. The predicted molar refractivity (Wildman–Crippen MR) is 96.1 cm³/mol. The van der Waals surface area contributed by atoms with Crippen LogP contribution in [0.2, 0.25) is 0 Å². The van der Waals surface area contributed by atoms with Crippen LogP contribution < -0.4 is 4.74 Å². The van der Waals surface area contributed by atoms with Crippen molar-refractivity contribution in [2.24, 2.45) is 0 Å². The summed E-state index contributed by atoms with van der Waals surface area (Å²) in [7, 11) is 0. The van der Waals surface area contributed by atoms with Gasteiger partial charge in [0.15, 0.2) is 0 Å². The molecule has 0 aliphatic heterocycles. The SMILES string of the molecule is Cc1nc(OC(C)c2ccc3c(c2)nnn3C2CC2)c2cc(C)oc2n1. The molecule has 3 heterocycles. The van der Waals surface area contributed by atoms with Crippen molar-refractivity contribution in [3.8, 4) is 5.88 Å². The van der Waals surface area contributed by atoms with Gasteiger partial charge in [-0.1, -0.05) is 11.3 Å². The van der Waals surface area contributed by atoms with Gasteiger partial charge in [0, 0.05) is 0 Å². The molecule has 7 heteroatoms. The lowest BCUT2D eigenvalue weighted by atomic mass is 10.1. The van der Waals surface area contributed by atoms with Crippen molar-refractivity contribution in [1.82, 2.24) is 25.0 Å². The molecule has 1 unspecified atom stereocenters. The summed E-state index contributed by atoms with van der Waals surface area (Å²) in [6.45, 7) is 5.72. The van der Waals surface area contributed by atoms with Crippen molar-refractivity contribution in [1.29, 1.82) is 0 Å². The van der Waals surface area contributed by atoms with E-state index in [1.807, 2.05) is 37.6 Å². The minimum Gasteiger partial charge on any atom is -0.469 e. The third kappa shape index (κ3) is 2.51. The third-order valence-electron chi connectivity index (χ3n) is 4.74. The topological polar surface area (TPSA) is 78.9 Å². The maximum absolute atomic E-state index is 6.16. The van der Waals surface area contributed by atoms with Gasteiger partial charge in [-0.3, -0.25) is 0 Å². The van der Waals surface area contributed by atoms with E-state index in [-0.39, 0.29) is 6.10 Å². The molecule has 0 N–H and O–H groups in total. The van der Waals surface area contributed by atoms with E-state index in [1.54, 1.807) is 0 Å². The monoisotopic (exact) mass is 349 g/mol. The Morgan fingerprint density at radius 1 is 1.19 bits per heavy atom. The van der Waals surface area contributed by atoms with Gasteiger partial charge in [0.1, 0.15) is 28.6 Å². The average Bonchev–Trinajstić information content (AvgIpc) is 3.25. The van der Waals surface area contributed by atoms with Crippen LogP contribution in [0.15, 0.2) is 28.7 Å². The summed E-state index contributed by atoms with van der Waals surface area (Å²) in [5, 5.41) is 9.40. The zero-order valence-electron chi connectivity index (χ0n) is 14.9. The van der Waals surface area contributed by atoms with Gasteiger partial charge in [-0.05, 0) is 57.4 Å². The zero-order valence-corrected chi connectivity index (χ0v) is 14.9. The van der Waals surface area contributed by atoms with Gasteiger partial charge < -0.3 is 9.15 Å². The lowest BCUT2D eigenvalue weighted by molar-refractivity contribution is 0.220. The van der Waals surface area contributed by atoms with E-state index in [9.17, 15) is 0 Å². The highest BCUT2D eigenvalue weighted by atomic mass is 16.5. The molecule has 5 rings (SSSR count). The largest absolute Gasteiger partial charge is 0.469 e. The van der Waals surface area contributed by atoms with E-state index in [0.717, 1.165) is 27.7 Å². The number of rotatable bonds is 4. The summed E-state index contributed by atoms with van der Waals surface area (Å²) < 4.78 is 13.8. The van der Waals surface area contributed by atoms with Gasteiger partial charge in [0.2, 0.25) is 11.6 Å². The second-order valence-corrected chi connectivity index (χ2v) is 6.93. The molecule has 1 saturated carbocycles. The molecular weight excluding hydrogens is 330 g/mol. The van der Waals surface area contributed by atoms with Gasteiger partial charge in [0.05, 0.1) is 11.6 Å². The predicted octanol–water partition coefficient (Wildman–Crippen LogP) is 4.06. The normalized spacial score (nSPS) is 15.7. The molecular formula is C19H19N5O2. The molecule has 1 atom stereocenters. The molecule has 132 valence electrons. The molecule has 0 bridgehead atoms. The van der Waals surface area contributed by atoms with Crippen LogP contribution in [0.25, 0.3) is 22.1 Å². The summed E-state index contributed by atoms with van der Waals surface area (Å²) in [5.74, 6) is 1.95.